The smallest absolute Gasteiger partial charge is 0.248 e. The van der Waals surface area contributed by atoms with Crippen molar-refractivity contribution in [2.75, 3.05) is 0 Å². The molecule has 1 rings (SSSR count). The van der Waals surface area contributed by atoms with E-state index in [0.717, 1.165) is 12.2 Å². The summed E-state index contributed by atoms with van der Waals surface area (Å²) in [5.74, 6) is 0.755. The Hall–Kier alpha value is -0.760. The van der Waals surface area contributed by atoms with Crippen molar-refractivity contribution in [2.24, 2.45) is 0 Å². The zero-order valence-corrected chi connectivity index (χ0v) is 8.60. The minimum absolute atomic E-state index is 0.132. The Kier molecular flexibility index (Phi) is 3.55. The first-order valence-corrected chi connectivity index (χ1v) is 4.74. The molecule has 0 fully saturated rings. The van der Waals surface area contributed by atoms with Gasteiger partial charge in [-0.1, -0.05) is 0 Å². The van der Waals surface area contributed by atoms with Crippen LogP contribution < -0.4 is 0 Å². The molecule has 0 aromatic carbocycles. The third-order valence-electron chi connectivity index (χ3n) is 1.70. The molecule has 72 valence electrons. The zero-order valence-electron chi connectivity index (χ0n) is 7.84. The van der Waals surface area contributed by atoms with Gasteiger partial charge in [-0.05, 0) is 50.4 Å². The number of hydrogen-bond donors (Lipinski definition) is 0. The first kappa shape index (κ1) is 10.3. The van der Waals surface area contributed by atoms with Crippen molar-refractivity contribution in [3.8, 4) is 0 Å². The van der Waals surface area contributed by atoms with E-state index in [1.165, 1.54) is 0 Å². The maximum Gasteiger partial charge on any atom is 0.248 e. The quantitative estimate of drug-likeness (QED) is 0.655. The Morgan fingerprint density at radius 2 is 2.31 bits per heavy atom. The van der Waals surface area contributed by atoms with Crippen LogP contribution in [0.1, 0.15) is 26.7 Å². The van der Waals surface area contributed by atoms with Crippen molar-refractivity contribution < 1.29 is 9.53 Å². The predicted molar refractivity (Wildman–Crippen MR) is 52.5 cm³/mol. The lowest BCUT2D eigenvalue weighted by Gasteiger charge is -2.14. The number of hydrogen-bond acceptors (Lipinski definition) is 2. The van der Waals surface area contributed by atoms with Crippen LogP contribution in [0.3, 0.4) is 0 Å². The molecule has 0 aromatic heterocycles. The van der Waals surface area contributed by atoms with Crippen LogP contribution in [0.25, 0.3) is 0 Å². The Morgan fingerprint density at radius 1 is 1.62 bits per heavy atom. The number of allylic oxidation sites excluding steroid dienone is 3. The molecule has 0 aromatic rings. The van der Waals surface area contributed by atoms with Crippen molar-refractivity contribution in [3.63, 3.8) is 0 Å². The molecular formula is C10H13ClO2. The topological polar surface area (TPSA) is 26.3 Å². The van der Waals surface area contributed by atoms with Crippen LogP contribution in [0.5, 0.6) is 0 Å². The molecule has 13 heavy (non-hydrogen) atoms. The normalized spacial score (nSPS) is 16.6. The Balaban J connectivity index is 2.67. The second-order valence-electron chi connectivity index (χ2n) is 3.26. The highest BCUT2D eigenvalue weighted by atomic mass is 35.5. The minimum atomic E-state index is -0.377. The fourth-order valence-electron chi connectivity index (χ4n) is 1.18. The van der Waals surface area contributed by atoms with E-state index in [9.17, 15) is 4.79 Å². The third kappa shape index (κ3) is 3.23. The molecule has 3 heteroatoms. The van der Waals surface area contributed by atoms with Gasteiger partial charge in [-0.2, -0.15) is 0 Å². The molecule has 0 radical (unpaired) electrons. The van der Waals surface area contributed by atoms with E-state index < -0.39 is 0 Å². The lowest BCUT2D eigenvalue weighted by Crippen LogP contribution is -2.05. The fraction of sp³-hybridized carbons (Fsp3) is 0.500. The van der Waals surface area contributed by atoms with E-state index in [-0.39, 0.29) is 11.3 Å². The maximum absolute atomic E-state index is 10.8. The first-order valence-electron chi connectivity index (χ1n) is 4.37. The lowest BCUT2D eigenvalue weighted by molar-refractivity contribution is -0.108. The summed E-state index contributed by atoms with van der Waals surface area (Å²) in [7, 11) is 0. The second kappa shape index (κ2) is 4.47. The molecule has 0 aliphatic heterocycles. The molecule has 0 heterocycles. The number of rotatable bonds is 3. The monoisotopic (exact) mass is 200 g/mol. The van der Waals surface area contributed by atoms with Gasteiger partial charge in [-0.15, -0.1) is 0 Å². The summed E-state index contributed by atoms with van der Waals surface area (Å²) in [6, 6.07) is 0. The Labute approximate surface area is 83.2 Å². The molecule has 0 bridgehead atoms. The van der Waals surface area contributed by atoms with E-state index in [0.29, 0.717) is 12.0 Å². The summed E-state index contributed by atoms with van der Waals surface area (Å²) >= 11 is 5.37. The molecule has 0 N–H and O–H groups in total. The number of ether oxygens (including phenoxy) is 1. The van der Waals surface area contributed by atoms with Gasteiger partial charge in [0.25, 0.3) is 0 Å². The fourth-order valence-corrected chi connectivity index (χ4v) is 1.33. The molecule has 0 unspecified atom stereocenters. The molecule has 2 nitrogen and oxygen atoms in total. The van der Waals surface area contributed by atoms with Crippen molar-refractivity contribution in [1.82, 2.24) is 0 Å². The van der Waals surface area contributed by atoms with Crippen LogP contribution in [0, 0.1) is 0 Å². The van der Waals surface area contributed by atoms with Gasteiger partial charge in [-0.3, -0.25) is 4.79 Å². The molecule has 1 aliphatic rings. The van der Waals surface area contributed by atoms with Crippen LogP contribution in [0.15, 0.2) is 23.5 Å². The summed E-state index contributed by atoms with van der Waals surface area (Å²) in [5, 5.41) is -0.377. The highest BCUT2D eigenvalue weighted by Crippen LogP contribution is 2.20. The molecular weight excluding hydrogens is 188 g/mol. The van der Waals surface area contributed by atoms with Crippen molar-refractivity contribution in [2.45, 2.75) is 32.8 Å². The van der Waals surface area contributed by atoms with Crippen LogP contribution in [-0.2, 0) is 9.53 Å². The lowest BCUT2D eigenvalue weighted by atomic mass is 10.1. The SMILES string of the molecule is CC(C)OC1=CCCC(C(=O)Cl)=C1. The van der Waals surface area contributed by atoms with Gasteiger partial charge in [0.15, 0.2) is 0 Å². The minimum Gasteiger partial charge on any atom is -0.491 e. The van der Waals surface area contributed by atoms with Crippen LogP contribution in [0.4, 0.5) is 0 Å². The average Bonchev–Trinajstić information content (AvgIpc) is 2.03. The number of halogens is 1. The Morgan fingerprint density at radius 3 is 2.85 bits per heavy atom. The van der Waals surface area contributed by atoms with Gasteiger partial charge in [0.2, 0.25) is 5.24 Å². The van der Waals surface area contributed by atoms with Crippen molar-refractivity contribution in [3.05, 3.63) is 23.5 Å². The summed E-state index contributed by atoms with van der Waals surface area (Å²) < 4.78 is 5.45. The Bertz CT molecular complexity index is 264. The largest absolute Gasteiger partial charge is 0.491 e. The second-order valence-corrected chi connectivity index (χ2v) is 3.60. The van der Waals surface area contributed by atoms with Crippen LogP contribution in [0.2, 0.25) is 0 Å². The highest BCUT2D eigenvalue weighted by molar-refractivity contribution is 6.67. The average molecular weight is 201 g/mol. The summed E-state index contributed by atoms with van der Waals surface area (Å²) in [4.78, 5) is 10.8. The maximum atomic E-state index is 10.8. The van der Waals surface area contributed by atoms with Gasteiger partial charge in [0, 0.05) is 5.57 Å². The van der Waals surface area contributed by atoms with Gasteiger partial charge < -0.3 is 4.74 Å². The standard InChI is InChI=1S/C10H13ClO2/c1-7(2)13-9-5-3-4-8(6-9)10(11)12/h5-7H,3-4H2,1-2H3. The molecule has 0 saturated heterocycles. The van der Waals surface area contributed by atoms with Gasteiger partial charge in [0.1, 0.15) is 5.76 Å². The van der Waals surface area contributed by atoms with Gasteiger partial charge in [-0.25, -0.2) is 0 Å². The predicted octanol–water partition coefficient (Wildman–Crippen LogP) is 2.78. The van der Waals surface area contributed by atoms with Crippen LogP contribution in [-0.4, -0.2) is 11.3 Å². The summed E-state index contributed by atoms with van der Waals surface area (Å²) in [6.45, 7) is 3.90. The molecule has 1 aliphatic carbocycles. The van der Waals surface area contributed by atoms with Gasteiger partial charge >= 0.3 is 0 Å². The number of carbonyl (C=O) groups is 1. The van der Waals surface area contributed by atoms with Crippen LogP contribution >= 0.6 is 11.6 Å². The third-order valence-corrected chi connectivity index (χ3v) is 1.94. The molecule has 0 atom stereocenters. The van der Waals surface area contributed by atoms with E-state index in [1.54, 1.807) is 6.08 Å². The van der Waals surface area contributed by atoms with Crippen molar-refractivity contribution in [1.29, 1.82) is 0 Å². The van der Waals surface area contributed by atoms with Gasteiger partial charge in [0.05, 0.1) is 6.10 Å². The van der Waals surface area contributed by atoms with E-state index in [4.69, 9.17) is 16.3 Å². The van der Waals surface area contributed by atoms with Crippen molar-refractivity contribution >= 4 is 16.8 Å². The molecule has 0 spiro atoms. The first-order chi connectivity index (χ1) is 6.09. The number of carbonyl (C=O) groups excluding carboxylic acids is 1. The summed E-state index contributed by atoms with van der Waals surface area (Å²) in [6.07, 6.45) is 5.37. The zero-order chi connectivity index (χ0) is 9.84. The summed E-state index contributed by atoms with van der Waals surface area (Å²) in [5.41, 5.74) is 0.639. The van der Waals surface area contributed by atoms with E-state index in [1.807, 2.05) is 19.9 Å². The highest BCUT2D eigenvalue weighted by Gasteiger charge is 2.12. The van der Waals surface area contributed by atoms with E-state index >= 15 is 0 Å². The molecule has 0 amide bonds. The molecule has 0 saturated carbocycles. The van der Waals surface area contributed by atoms with E-state index in [2.05, 4.69) is 0 Å².